The molecule has 0 bridgehead atoms. The third-order valence-electron chi connectivity index (χ3n) is 8.09. The van der Waals surface area contributed by atoms with E-state index in [2.05, 4.69) is 69.2 Å². The molecular formula is C26H53Cl2NOSiTi-2. The van der Waals surface area contributed by atoms with Gasteiger partial charge >= 0.3 is 35.6 Å². The minimum atomic E-state index is -1.91. The molecule has 192 valence electrons. The summed E-state index contributed by atoms with van der Waals surface area (Å²) in [7, 11) is 7.87. The summed E-state index contributed by atoms with van der Waals surface area (Å²) in [5, 5.41) is 0. The molecule has 2 saturated carbocycles. The SMILES string of the molecule is CC1C(C)C(C)C([Si](CCOC(C)(C)C)([N-]C(C)(C)C)C2CCCCC2)C1C.[CH3-].[Cl][Ti][Cl]. The Hall–Kier alpha value is 1.43. The van der Waals surface area contributed by atoms with E-state index >= 15 is 0 Å². The van der Waals surface area contributed by atoms with Crippen LogP contribution >= 0.6 is 18.6 Å². The molecule has 0 aromatic heterocycles. The summed E-state index contributed by atoms with van der Waals surface area (Å²) in [6.45, 7) is 24.7. The van der Waals surface area contributed by atoms with Crippen molar-refractivity contribution in [2.24, 2.45) is 23.7 Å². The van der Waals surface area contributed by atoms with Crippen molar-refractivity contribution in [3.05, 3.63) is 12.4 Å². The average molecular weight is 543 g/mol. The molecule has 6 heteroatoms. The summed E-state index contributed by atoms with van der Waals surface area (Å²) < 4.78 is 6.35. The number of ether oxygens (including phenoxy) is 1. The molecule has 0 saturated heterocycles. The number of hydrogen-bond acceptors (Lipinski definition) is 1. The Labute approximate surface area is 219 Å². The van der Waals surface area contributed by atoms with Gasteiger partial charge in [-0.1, -0.05) is 97.7 Å². The van der Waals surface area contributed by atoms with Crippen molar-refractivity contribution in [2.75, 3.05) is 6.61 Å². The summed E-state index contributed by atoms with van der Waals surface area (Å²) in [4.78, 5) is 5.89. The first kappa shape index (κ1) is 33.4. The zero-order chi connectivity index (χ0) is 24.0. The van der Waals surface area contributed by atoms with Crippen LogP contribution in [0.15, 0.2) is 0 Å². The van der Waals surface area contributed by atoms with Gasteiger partial charge in [0.15, 0.2) is 0 Å². The first-order valence-electron chi connectivity index (χ1n) is 12.5. The molecule has 0 heterocycles. The van der Waals surface area contributed by atoms with E-state index in [0.29, 0.717) is 0 Å². The molecule has 2 aliphatic carbocycles. The van der Waals surface area contributed by atoms with Crippen LogP contribution in [-0.4, -0.2) is 26.0 Å². The first-order chi connectivity index (χ1) is 14.2. The van der Waals surface area contributed by atoms with Crippen LogP contribution in [0.4, 0.5) is 0 Å². The Bertz CT molecular complexity index is 505. The summed E-state index contributed by atoms with van der Waals surface area (Å²) in [6.07, 6.45) is 7.09. The molecule has 5 unspecified atom stereocenters. The van der Waals surface area contributed by atoms with Gasteiger partial charge in [0, 0.05) is 6.61 Å². The molecule has 0 radical (unpaired) electrons. The van der Waals surface area contributed by atoms with Crippen molar-refractivity contribution in [3.63, 3.8) is 0 Å². The fourth-order valence-corrected chi connectivity index (χ4v) is 13.9. The van der Waals surface area contributed by atoms with E-state index in [9.17, 15) is 0 Å². The number of nitrogens with zero attached hydrogens (tertiary/aromatic N) is 1. The Balaban J connectivity index is 0.00000227. The molecular weight excluding hydrogens is 489 g/mol. The Morgan fingerprint density at radius 2 is 1.28 bits per heavy atom. The molecule has 2 rings (SSSR count). The van der Waals surface area contributed by atoms with Crippen molar-refractivity contribution in [3.8, 4) is 0 Å². The van der Waals surface area contributed by atoms with Crippen LogP contribution in [0.25, 0.3) is 4.98 Å². The third kappa shape index (κ3) is 9.47. The summed E-state index contributed by atoms with van der Waals surface area (Å²) >= 11 is -0.556. The number of halogens is 2. The molecule has 5 atom stereocenters. The summed E-state index contributed by atoms with van der Waals surface area (Å²) in [6, 6.07) is 1.23. The standard InChI is InChI=1S/C25H50NOSi.CH3.2ClH.Ti/c1-18-19(2)21(4)23(20(18)3)28(26-24(5,6)7,17-16-27-25(8,9)10)22-14-12-11-13-15-22;;;;/h18-23H,11-17H2,1-10H3;1H3;2*1H;/q2*-1;;;+2/p-2. The monoisotopic (exact) mass is 541 g/mol. The Morgan fingerprint density at radius 1 is 0.844 bits per heavy atom. The molecule has 0 aromatic rings. The van der Waals surface area contributed by atoms with Crippen LogP contribution in [0.5, 0.6) is 0 Å². The number of hydrogen-bond donors (Lipinski definition) is 0. The van der Waals surface area contributed by atoms with Crippen molar-refractivity contribution in [1.82, 2.24) is 0 Å². The van der Waals surface area contributed by atoms with Crippen LogP contribution in [-0.2, 0) is 21.8 Å². The van der Waals surface area contributed by atoms with E-state index in [0.717, 1.165) is 41.4 Å². The Morgan fingerprint density at radius 3 is 1.66 bits per heavy atom. The summed E-state index contributed by atoms with van der Waals surface area (Å²) in [5.41, 5.74) is 1.67. The predicted octanol–water partition coefficient (Wildman–Crippen LogP) is 10.0. The maximum absolute atomic E-state index is 6.35. The minimum absolute atomic E-state index is 0. The van der Waals surface area contributed by atoms with Gasteiger partial charge < -0.3 is 17.1 Å². The third-order valence-corrected chi connectivity index (χ3v) is 14.4. The first-order valence-corrected chi connectivity index (χ1v) is 19.1. The van der Waals surface area contributed by atoms with Gasteiger partial charge in [0.25, 0.3) is 0 Å². The fourth-order valence-electron chi connectivity index (χ4n) is 6.61. The van der Waals surface area contributed by atoms with E-state index in [-0.39, 0.29) is 18.6 Å². The van der Waals surface area contributed by atoms with E-state index < -0.39 is 25.3 Å². The second-order valence-corrected chi connectivity index (χ2v) is 19.1. The second-order valence-electron chi connectivity index (χ2n) is 12.4. The topological polar surface area (TPSA) is 23.3 Å². The zero-order valence-electron chi connectivity index (χ0n) is 23.0. The van der Waals surface area contributed by atoms with Crippen molar-refractivity contribution in [2.45, 2.75) is 130 Å². The van der Waals surface area contributed by atoms with Gasteiger partial charge in [-0.15, -0.1) is 5.54 Å². The second kappa shape index (κ2) is 14.2. The van der Waals surface area contributed by atoms with Crippen LogP contribution in [0.3, 0.4) is 0 Å². The summed E-state index contributed by atoms with van der Waals surface area (Å²) in [5.74, 6) is 3.21. The van der Waals surface area contributed by atoms with Gasteiger partial charge in [-0.25, -0.2) is 0 Å². The zero-order valence-corrected chi connectivity index (χ0v) is 27.1. The predicted molar refractivity (Wildman–Crippen MR) is 145 cm³/mol. The fraction of sp³-hybridized carbons (Fsp3) is 0.962. The van der Waals surface area contributed by atoms with Gasteiger partial charge in [-0.2, -0.15) is 0 Å². The molecule has 0 aliphatic heterocycles. The van der Waals surface area contributed by atoms with Gasteiger partial charge in [-0.05, 0) is 52.7 Å². The van der Waals surface area contributed by atoms with Crippen molar-refractivity contribution >= 4 is 26.8 Å². The van der Waals surface area contributed by atoms with E-state index in [1.807, 2.05) is 0 Å². The number of rotatable bonds is 6. The van der Waals surface area contributed by atoms with E-state index in [1.54, 1.807) is 0 Å². The maximum atomic E-state index is 6.35. The molecule has 0 amide bonds. The van der Waals surface area contributed by atoms with Gasteiger partial charge in [-0.3, -0.25) is 0 Å². The van der Waals surface area contributed by atoms with Crippen molar-refractivity contribution in [1.29, 1.82) is 0 Å². The molecule has 0 spiro atoms. The molecule has 2 nitrogen and oxygen atoms in total. The van der Waals surface area contributed by atoms with Crippen LogP contribution in [0.2, 0.25) is 17.1 Å². The average Bonchev–Trinajstić information content (AvgIpc) is 2.84. The molecule has 0 aromatic carbocycles. The van der Waals surface area contributed by atoms with Gasteiger partial charge in [0.05, 0.1) is 5.60 Å². The van der Waals surface area contributed by atoms with E-state index in [1.165, 1.54) is 38.1 Å². The van der Waals surface area contributed by atoms with Crippen molar-refractivity contribution < 1.29 is 21.8 Å². The molecule has 2 fully saturated rings. The molecule has 2 aliphatic rings. The van der Waals surface area contributed by atoms with Crippen LogP contribution in [0.1, 0.15) is 101 Å². The van der Waals surface area contributed by atoms with Gasteiger partial charge in [0.1, 0.15) is 0 Å². The van der Waals surface area contributed by atoms with Gasteiger partial charge in [0.2, 0.25) is 0 Å². The normalized spacial score (nSPS) is 31.2. The van der Waals surface area contributed by atoms with E-state index in [4.69, 9.17) is 28.3 Å². The van der Waals surface area contributed by atoms with Crippen LogP contribution < -0.4 is 0 Å². The Kier molecular flexibility index (Phi) is 14.9. The quantitative estimate of drug-likeness (QED) is 0.242. The molecule has 0 N–H and O–H groups in total. The molecule has 32 heavy (non-hydrogen) atoms. The van der Waals surface area contributed by atoms with Crippen LogP contribution in [0, 0.1) is 31.1 Å².